The van der Waals surface area contributed by atoms with Gasteiger partial charge in [-0.1, -0.05) is 60.7 Å². The van der Waals surface area contributed by atoms with E-state index in [4.69, 9.17) is 10.8 Å². The van der Waals surface area contributed by atoms with E-state index in [-0.39, 0.29) is 30.7 Å². The molecule has 3 N–H and O–H groups in total. The van der Waals surface area contributed by atoms with E-state index in [1.807, 2.05) is 42.5 Å². The lowest BCUT2D eigenvalue weighted by atomic mass is 10.0. The van der Waals surface area contributed by atoms with Crippen LogP contribution in [0, 0.1) is 0 Å². The van der Waals surface area contributed by atoms with Crippen molar-refractivity contribution >= 4 is 23.6 Å². The molecule has 1 atom stereocenters. The predicted molar refractivity (Wildman–Crippen MR) is 131 cm³/mol. The number of hydrogen-bond acceptors (Lipinski definition) is 4. The van der Waals surface area contributed by atoms with Crippen LogP contribution >= 0.6 is 0 Å². The summed E-state index contributed by atoms with van der Waals surface area (Å²) in [4.78, 5) is 51.3. The summed E-state index contributed by atoms with van der Waals surface area (Å²) < 4.78 is 0. The lowest BCUT2D eigenvalue weighted by molar-refractivity contribution is -0.137. The van der Waals surface area contributed by atoms with E-state index in [0.717, 1.165) is 16.7 Å². The number of benzene rings is 3. The predicted octanol–water partition coefficient (Wildman–Crippen LogP) is 3.69. The summed E-state index contributed by atoms with van der Waals surface area (Å²) in [6.07, 6.45) is 0.847. The normalized spacial score (nSPS) is 12.5. The summed E-state index contributed by atoms with van der Waals surface area (Å²) >= 11 is 0. The van der Waals surface area contributed by atoms with Crippen LogP contribution in [-0.4, -0.2) is 46.2 Å². The highest BCUT2D eigenvalue weighted by molar-refractivity contribution is 6.22. The fourth-order valence-electron chi connectivity index (χ4n) is 4.54. The van der Waals surface area contributed by atoms with Crippen molar-refractivity contribution in [1.29, 1.82) is 0 Å². The molecule has 0 fully saturated rings. The number of carbonyl (C=O) groups is 4. The van der Waals surface area contributed by atoms with Gasteiger partial charge in [0.05, 0.1) is 0 Å². The van der Waals surface area contributed by atoms with Gasteiger partial charge in [-0.2, -0.15) is 0 Å². The van der Waals surface area contributed by atoms with Gasteiger partial charge in [0, 0.05) is 29.7 Å². The Morgan fingerprint density at radius 1 is 0.857 bits per heavy atom. The maximum absolute atomic E-state index is 13.6. The Balaban J connectivity index is 1.61. The number of carboxylic acid groups (broad SMARTS) is 1. The first-order valence-corrected chi connectivity index (χ1v) is 11.5. The third kappa shape index (κ3) is 5.14. The van der Waals surface area contributed by atoms with Crippen molar-refractivity contribution in [2.75, 3.05) is 6.54 Å². The molecule has 0 bridgehead atoms. The summed E-state index contributed by atoms with van der Waals surface area (Å²) in [5, 5.41) is 9.13. The number of nitrogens with two attached hydrogens (primary N) is 1. The SMILES string of the molecule is NC(=O)[C@H](CCC(=O)O)N(CCCc1ccccc1)C(=O)c1ccc2c(c1)C(=O)c1ccccc1-2. The van der Waals surface area contributed by atoms with E-state index in [9.17, 15) is 19.2 Å². The number of amides is 2. The zero-order valence-corrected chi connectivity index (χ0v) is 19.1. The number of ketones is 1. The molecule has 0 spiro atoms. The quantitative estimate of drug-likeness (QED) is 0.367. The molecule has 2 amide bonds. The van der Waals surface area contributed by atoms with Crippen LogP contribution < -0.4 is 5.73 Å². The van der Waals surface area contributed by atoms with Gasteiger partial charge in [0.1, 0.15) is 6.04 Å². The van der Waals surface area contributed by atoms with Crippen LogP contribution in [0.5, 0.6) is 0 Å². The fourth-order valence-corrected chi connectivity index (χ4v) is 4.54. The van der Waals surface area contributed by atoms with Crippen LogP contribution in [0.15, 0.2) is 72.8 Å². The minimum absolute atomic E-state index is 0.0863. The molecule has 0 saturated carbocycles. The molecule has 0 unspecified atom stereocenters. The number of hydrogen-bond donors (Lipinski definition) is 2. The van der Waals surface area contributed by atoms with Crippen LogP contribution in [0.25, 0.3) is 11.1 Å². The van der Waals surface area contributed by atoms with E-state index in [1.54, 1.807) is 30.3 Å². The van der Waals surface area contributed by atoms with Gasteiger partial charge in [-0.3, -0.25) is 19.2 Å². The molecule has 178 valence electrons. The van der Waals surface area contributed by atoms with E-state index in [0.29, 0.717) is 24.0 Å². The third-order valence-corrected chi connectivity index (χ3v) is 6.28. The number of nitrogens with zero attached hydrogens (tertiary/aromatic N) is 1. The average Bonchev–Trinajstić information content (AvgIpc) is 3.14. The molecule has 3 aromatic rings. The van der Waals surface area contributed by atoms with Crippen molar-refractivity contribution in [1.82, 2.24) is 4.90 Å². The molecular weight excluding hydrogens is 444 g/mol. The monoisotopic (exact) mass is 470 g/mol. The van der Waals surface area contributed by atoms with Crippen molar-refractivity contribution in [2.45, 2.75) is 31.7 Å². The number of carboxylic acids is 1. The van der Waals surface area contributed by atoms with Crippen LogP contribution in [-0.2, 0) is 16.0 Å². The Hall–Kier alpha value is -4.26. The summed E-state index contributed by atoms with van der Waals surface area (Å²) in [7, 11) is 0. The van der Waals surface area contributed by atoms with E-state index in [2.05, 4.69) is 0 Å². The molecule has 0 saturated heterocycles. The van der Waals surface area contributed by atoms with Gasteiger partial charge in [0.25, 0.3) is 5.91 Å². The molecule has 3 aromatic carbocycles. The molecule has 1 aliphatic carbocycles. The molecule has 0 aromatic heterocycles. The minimum Gasteiger partial charge on any atom is -0.481 e. The van der Waals surface area contributed by atoms with Gasteiger partial charge in [0.15, 0.2) is 5.78 Å². The largest absolute Gasteiger partial charge is 0.481 e. The molecule has 1 aliphatic rings. The van der Waals surface area contributed by atoms with Gasteiger partial charge in [-0.15, -0.1) is 0 Å². The highest BCUT2D eigenvalue weighted by atomic mass is 16.4. The fraction of sp³-hybridized carbons (Fsp3) is 0.214. The zero-order chi connectivity index (χ0) is 24.9. The molecule has 0 heterocycles. The number of aryl methyl sites for hydroxylation is 1. The Bertz CT molecular complexity index is 1290. The first kappa shape index (κ1) is 23.9. The number of primary amides is 1. The maximum Gasteiger partial charge on any atom is 0.303 e. The first-order valence-electron chi connectivity index (χ1n) is 11.5. The van der Waals surface area contributed by atoms with Gasteiger partial charge in [0.2, 0.25) is 5.91 Å². The van der Waals surface area contributed by atoms with Crippen molar-refractivity contribution in [3.05, 3.63) is 95.1 Å². The number of fused-ring (bicyclic) bond motifs is 3. The Morgan fingerprint density at radius 2 is 1.51 bits per heavy atom. The van der Waals surface area contributed by atoms with Gasteiger partial charge in [-0.05, 0) is 48.1 Å². The van der Waals surface area contributed by atoms with Gasteiger partial charge in [-0.25, -0.2) is 0 Å². The Morgan fingerprint density at radius 3 is 2.20 bits per heavy atom. The molecule has 0 radical (unpaired) electrons. The van der Waals surface area contributed by atoms with Gasteiger partial charge >= 0.3 is 5.97 Å². The Labute approximate surface area is 203 Å². The van der Waals surface area contributed by atoms with E-state index in [1.165, 1.54) is 4.90 Å². The average molecular weight is 471 g/mol. The van der Waals surface area contributed by atoms with Crippen molar-refractivity contribution in [3.63, 3.8) is 0 Å². The second kappa shape index (κ2) is 10.3. The van der Waals surface area contributed by atoms with Crippen LogP contribution in [0.3, 0.4) is 0 Å². The van der Waals surface area contributed by atoms with Crippen molar-refractivity contribution in [2.24, 2.45) is 5.73 Å². The smallest absolute Gasteiger partial charge is 0.303 e. The number of rotatable bonds is 10. The summed E-state index contributed by atoms with van der Waals surface area (Å²) in [6, 6.07) is 20.9. The summed E-state index contributed by atoms with van der Waals surface area (Å²) in [5.41, 5.74) is 9.55. The first-order chi connectivity index (χ1) is 16.9. The Kier molecular flexibility index (Phi) is 7.06. The molecule has 7 heteroatoms. The number of carbonyl (C=O) groups excluding carboxylic acids is 3. The molecule has 4 rings (SSSR count). The molecule has 35 heavy (non-hydrogen) atoms. The number of aliphatic carboxylic acids is 1. The van der Waals surface area contributed by atoms with Crippen LogP contribution in [0.2, 0.25) is 0 Å². The highest BCUT2D eigenvalue weighted by Crippen LogP contribution is 2.37. The van der Waals surface area contributed by atoms with Crippen LogP contribution in [0.4, 0.5) is 0 Å². The lowest BCUT2D eigenvalue weighted by Crippen LogP contribution is -2.48. The van der Waals surface area contributed by atoms with Crippen LogP contribution in [0.1, 0.15) is 51.1 Å². The standard InChI is InChI=1S/C28H26N2O5/c29-27(34)24(14-15-25(31)32)30(16-6-9-18-7-2-1-3-8-18)28(35)19-12-13-21-20-10-4-5-11-22(20)26(33)23(21)17-19/h1-5,7-8,10-13,17,24H,6,9,14-16H2,(H2,29,34)(H,31,32)/t24-/m0/s1. The van der Waals surface area contributed by atoms with E-state index >= 15 is 0 Å². The molecule has 0 aliphatic heterocycles. The van der Waals surface area contributed by atoms with Gasteiger partial charge < -0.3 is 15.7 Å². The molecular formula is C28H26N2O5. The minimum atomic E-state index is -1.08. The zero-order valence-electron chi connectivity index (χ0n) is 19.1. The second-order valence-corrected chi connectivity index (χ2v) is 8.57. The summed E-state index contributed by atoms with van der Waals surface area (Å²) in [6.45, 7) is 0.214. The van der Waals surface area contributed by atoms with Crippen molar-refractivity contribution in [3.8, 4) is 11.1 Å². The topological polar surface area (TPSA) is 118 Å². The van der Waals surface area contributed by atoms with Crippen molar-refractivity contribution < 1.29 is 24.3 Å². The maximum atomic E-state index is 13.6. The summed E-state index contributed by atoms with van der Waals surface area (Å²) in [5.74, 6) is -2.45. The highest BCUT2D eigenvalue weighted by Gasteiger charge is 2.32. The van der Waals surface area contributed by atoms with E-state index < -0.39 is 23.8 Å². The molecule has 7 nitrogen and oxygen atoms in total. The second-order valence-electron chi connectivity index (χ2n) is 8.57. The lowest BCUT2D eigenvalue weighted by Gasteiger charge is -2.30. The third-order valence-electron chi connectivity index (χ3n) is 6.28.